The van der Waals surface area contributed by atoms with Gasteiger partial charge in [-0.25, -0.2) is 9.18 Å². The Labute approximate surface area is 111 Å². The molecule has 98 valence electrons. The molecule has 2 rings (SSSR count). The Kier molecular flexibility index (Phi) is 4.64. The maximum atomic E-state index is 13.3. The molecule has 18 heavy (non-hydrogen) atoms. The van der Waals surface area contributed by atoms with Crippen molar-refractivity contribution in [2.24, 2.45) is 0 Å². The average Bonchev–Trinajstić information content (AvgIpc) is 2.60. The highest BCUT2D eigenvalue weighted by Gasteiger charge is 2.16. The van der Waals surface area contributed by atoms with Crippen molar-refractivity contribution in [2.45, 2.75) is 48.7 Å². The summed E-state index contributed by atoms with van der Waals surface area (Å²) in [5, 5.41) is 9.43. The van der Waals surface area contributed by atoms with Crippen LogP contribution in [0.4, 0.5) is 4.39 Å². The summed E-state index contributed by atoms with van der Waals surface area (Å²) < 4.78 is 13.3. The zero-order valence-electron chi connectivity index (χ0n) is 10.2. The summed E-state index contributed by atoms with van der Waals surface area (Å²) in [6, 6.07) is 4.38. The Bertz CT molecular complexity index is 426. The number of thioether (sulfide) groups is 1. The Morgan fingerprint density at radius 3 is 2.50 bits per heavy atom. The van der Waals surface area contributed by atoms with Crippen LogP contribution in [-0.4, -0.2) is 16.3 Å². The van der Waals surface area contributed by atoms with E-state index in [4.69, 9.17) is 5.11 Å². The topological polar surface area (TPSA) is 37.3 Å². The molecule has 0 saturated heterocycles. The van der Waals surface area contributed by atoms with Crippen LogP contribution in [0.2, 0.25) is 0 Å². The number of benzene rings is 1. The van der Waals surface area contributed by atoms with E-state index in [9.17, 15) is 9.18 Å². The average molecular weight is 268 g/mol. The Morgan fingerprint density at radius 2 is 1.89 bits per heavy atom. The smallest absolute Gasteiger partial charge is 0.338 e. The normalized spacial score (nSPS) is 17.4. The van der Waals surface area contributed by atoms with Crippen molar-refractivity contribution < 1.29 is 14.3 Å². The van der Waals surface area contributed by atoms with Gasteiger partial charge in [-0.1, -0.05) is 25.7 Å². The van der Waals surface area contributed by atoms with Gasteiger partial charge in [0.25, 0.3) is 0 Å². The van der Waals surface area contributed by atoms with Gasteiger partial charge < -0.3 is 5.11 Å². The molecule has 1 aromatic rings. The summed E-state index contributed by atoms with van der Waals surface area (Å²) >= 11 is 1.69. The van der Waals surface area contributed by atoms with Crippen LogP contribution >= 0.6 is 11.8 Å². The lowest BCUT2D eigenvalue weighted by atomic mass is 10.2. The van der Waals surface area contributed by atoms with E-state index in [0.29, 0.717) is 5.25 Å². The molecule has 0 spiro atoms. The van der Waals surface area contributed by atoms with Gasteiger partial charge in [-0.2, -0.15) is 0 Å². The Balaban J connectivity index is 2.08. The molecule has 1 N–H and O–H groups in total. The fraction of sp³-hybridized carbons (Fsp3) is 0.500. The highest BCUT2D eigenvalue weighted by Crippen LogP contribution is 2.33. The van der Waals surface area contributed by atoms with Crippen LogP contribution < -0.4 is 0 Å². The zero-order valence-corrected chi connectivity index (χ0v) is 11.0. The molecule has 1 saturated carbocycles. The van der Waals surface area contributed by atoms with Crippen LogP contribution in [0.3, 0.4) is 0 Å². The molecule has 0 bridgehead atoms. The van der Waals surface area contributed by atoms with Gasteiger partial charge in [0.05, 0.1) is 5.56 Å². The molecule has 1 aliphatic rings. The standard InChI is InChI=1S/C14H17FO2S/c15-13-8-7-11(9-12(13)14(16)17)18-10-5-3-1-2-4-6-10/h7-10H,1-6H2,(H,16,17). The minimum absolute atomic E-state index is 0.228. The van der Waals surface area contributed by atoms with Crippen molar-refractivity contribution in [3.63, 3.8) is 0 Å². The number of aromatic carboxylic acids is 1. The van der Waals surface area contributed by atoms with E-state index in [0.717, 1.165) is 4.90 Å². The molecule has 1 aromatic carbocycles. The number of halogens is 1. The molecule has 0 unspecified atom stereocenters. The van der Waals surface area contributed by atoms with Crippen molar-refractivity contribution in [3.05, 3.63) is 29.6 Å². The van der Waals surface area contributed by atoms with E-state index >= 15 is 0 Å². The highest BCUT2D eigenvalue weighted by atomic mass is 32.2. The van der Waals surface area contributed by atoms with Gasteiger partial charge in [0.15, 0.2) is 0 Å². The molecule has 0 aromatic heterocycles. The van der Waals surface area contributed by atoms with Crippen molar-refractivity contribution >= 4 is 17.7 Å². The lowest BCUT2D eigenvalue weighted by Gasteiger charge is -2.13. The largest absolute Gasteiger partial charge is 0.478 e. The van der Waals surface area contributed by atoms with Crippen LogP contribution in [0.5, 0.6) is 0 Å². The van der Waals surface area contributed by atoms with Gasteiger partial charge in [-0.05, 0) is 31.0 Å². The van der Waals surface area contributed by atoms with Crippen LogP contribution in [0, 0.1) is 5.82 Å². The summed E-state index contributed by atoms with van der Waals surface area (Å²) in [4.78, 5) is 11.7. The number of rotatable bonds is 3. The van der Waals surface area contributed by atoms with E-state index in [1.54, 1.807) is 17.8 Å². The number of carboxylic acids is 1. The molecule has 0 aliphatic heterocycles. The first-order valence-electron chi connectivity index (χ1n) is 6.36. The van der Waals surface area contributed by atoms with Crippen molar-refractivity contribution in [3.8, 4) is 0 Å². The van der Waals surface area contributed by atoms with E-state index in [2.05, 4.69) is 0 Å². The van der Waals surface area contributed by atoms with Crippen LogP contribution in [0.1, 0.15) is 48.9 Å². The third kappa shape index (κ3) is 3.48. The quantitative estimate of drug-likeness (QED) is 0.829. The summed E-state index contributed by atoms with van der Waals surface area (Å²) in [5.41, 5.74) is -0.228. The molecule has 0 atom stereocenters. The maximum absolute atomic E-state index is 13.3. The number of carbonyl (C=O) groups is 1. The second kappa shape index (κ2) is 6.23. The maximum Gasteiger partial charge on any atom is 0.338 e. The SMILES string of the molecule is O=C(O)c1cc(SC2CCCCCC2)ccc1F. The van der Waals surface area contributed by atoms with E-state index in [1.165, 1.54) is 50.7 Å². The predicted octanol–water partition coefficient (Wildman–Crippen LogP) is 4.34. The molecule has 0 heterocycles. The zero-order chi connectivity index (χ0) is 13.0. The molecular weight excluding hydrogens is 251 g/mol. The molecule has 0 amide bonds. The van der Waals surface area contributed by atoms with Gasteiger partial charge in [-0.15, -0.1) is 11.8 Å². The van der Waals surface area contributed by atoms with E-state index in [1.807, 2.05) is 0 Å². The fourth-order valence-electron chi connectivity index (χ4n) is 2.29. The number of carboxylic acid groups (broad SMARTS) is 1. The second-order valence-electron chi connectivity index (χ2n) is 4.68. The molecule has 2 nitrogen and oxygen atoms in total. The first-order valence-corrected chi connectivity index (χ1v) is 7.24. The molecule has 0 radical (unpaired) electrons. The molecule has 1 aliphatic carbocycles. The Hall–Kier alpha value is -1.03. The number of hydrogen-bond acceptors (Lipinski definition) is 2. The predicted molar refractivity (Wildman–Crippen MR) is 70.7 cm³/mol. The van der Waals surface area contributed by atoms with Gasteiger partial charge in [-0.3, -0.25) is 0 Å². The summed E-state index contributed by atoms with van der Waals surface area (Å²) in [7, 11) is 0. The molecular formula is C14H17FO2S. The monoisotopic (exact) mass is 268 g/mol. The van der Waals surface area contributed by atoms with Crippen molar-refractivity contribution in [1.82, 2.24) is 0 Å². The van der Waals surface area contributed by atoms with E-state index < -0.39 is 11.8 Å². The number of hydrogen-bond donors (Lipinski definition) is 1. The minimum atomic E-state index is -1.20. The van der Waals surface area contributed by atoms with Crippen molar-refractivity contribution in [1.29, 1.82) is 0 Å². The third-order valence-electron chi connectivity index (χ3n) is 3.27. The van der Waals surface area contributed by atoms with Gasteiger partial charge in [0, 0.05) is 10.1 Å². The van der Waals surface area contributed by atoms with Crippen LogP contribution in [0.15, 0.2) is 23.1 Å². The Morgan fingerprint density at radius 1 is 1.22 bits per heavy atom. The summed E-state index contributed by atoms with van der Waals surface area (Å²) in [5.74, 6) is -1.86. The van der Waals surface area contributed by atoms with Gasteiger partial charge >= 0.3 is 5.97 Å². The fourth-order valence-corrected chi connectivity index (χ4v) is 3.58. The van der Waals surface area contributed by atoms with Gasteiger partial charge in [0.2, 0.25) is 0 Å². The molecule has 1 fully saturated rings. The lowest BCUT2D eigenvalue weighted by molar-refractivity contribution is 0.0691. The van der Waals surface area contributed by atoms with Crippen molar-refractivity contribution in [2.75, 3.05) is 0 Å². The summed E-state index contributed by atoms with van der Waals surface area (Å²) in [6.45, 7) is 0. The lowest BCUT2D eigenvalue weighted by Crippen LogP contribution is -2.03. The molecule has 4 heteroatoms. The van der Waals surface area contributed by atoms with E-state index in [-0.39, 0.29) is 5.56 Å². The summed E-state index contributed by atoms with van der Waals surface area (Å²) in [6.07, 6.45) is 7.41. The first-order chi connectivity index (χ1) is 8.66. The van der Waals surface area contributed by atoms with Gasteiger partial charge in [0.1, 0.15) is 5.82 Å². The first kappa shape index (κ1) is 13.4. The van der Waals surface area contributed by atoms with Crippen LogP contribution in [0.25, 0.3) is 0 Å². The highest BCUT2D eigenvalue weighted by molar-refractivity contribution is 8.00. The minimum Gasteiger partial charge on any atom is -0.478 e. The van der Waals surface area contributed by atoms with Crippen LogP contribution in [-0.2, 0) is 0 Å². The third-order valence-corrected chi connectivity index (χ3v) is 4.60. The second-order valence-corrected chi connectivity index (χ2v) is 6.05.